The minimum absolute atomic E-state index is 0.182. The average molecular weight is 402 g/mol. The molecule has 0 bridgehead atoms. The predicted molar refractivity (Wildman–Crippen MR) is 114 cm³/mol. The van der Waals surface area contributed by atoms with Gasteiger partial charge in [-0.1, -0.05) is 65.8 Å². The van der Waals surface area contributed by atoms with Gasteiger partial charge < -0.3 is 9.42 Å². The molecule has 1 aromatic heterocycles. The van der Waals surface area contributed by atoms with E-state index in [1.807, 2.05) is 41.3 Å². The fourth-order valence-electron chi connectivity index (χ4n) is 4.49. The van der Waals surface area contributed by atoms with E-state index in [4.69, 9.17) is 4.52 Å². The number of rotatable bonds is 6. The third-order valence-electron chi connectivity index (χ3n) is 6.23. The molecule has 3 aromatic rings. The number of nitrogens with zero attached hydrogens (tertiary/aromatic N) is 3. The molecule has 2 aliphatic rings. The van der Waals surface area contributed by atoms with Gasteiger partial charge in [-0.05, 0) is 42.7 Å². The highest BCUT2D eigenvalue weighted by atomic mass is 16.5. The summed E-state index contributed by atoms with van der Waals surface area (Å²) in [5.74, 6) is 2.37. The van der Waals surface area contributed by atoms with Gasteiger partial charge in [-0.2, -0.15) is 4.98 Å². The van der Waals surface area contributed by atoms with E-state index in [0.717, 1.165) is 55.2 Å². The van der Waals surface area contributed by atoms with Crippen molar-refractivity contribution >= 4 is 5.91 Å². The van der Waals surface area contributed by atoms with E-state index in [1.165, 1.54) is 12.8 Å². The Morgan fingerprint density at radius 3 is 2.30 bits per heavy atom. The summed E-state index contributed by atoms with van der Waals surface area (Å²) in [6.07, 6.45) is 5.20. The van der Waals surface area contributed by atoms with Gasteiger partial charge in [0, 0.05) is 25.4 Å². The van der Waals surface area contributed by atoms with Crippen molar-refractivity contribution in [2.45, 2.75) is 43.9 Å². The summed E-state index contributed by atoms with van der Waals surface area (Å²) in [4.78, 5) is 20.3. The minimum Gasteiger partial charge on any atom is -0.342 e. The van der Waals surface area contributed by atoms with Crippen LogP contribution < -0.4 is 0 Å². The Balaban J connectivity index is 1.32. The number of aromatic nitrogens is 2. The zero-order valence-corrected chi connectivity index (χ0v) is 17.1. The van der Waals surface area contributed by atoms with Gasteiger partial charge in [0.2, 0.25) is 11.8 Å². The average Bonchev–Trinajstić information content (AvgIpc) is 3.55. The van der Waals surface area contributed by atoms with Gasteiger partial charge in [0.25, 0.3) is 0 Å². The summed E-state index contributed by atoms with van der Waals surface area (Å²) in [5.41, 5.74) is 2.09. The van der Waals surface area contributed by atoms with Crippen molar-refractivity contribution in [3.63, 3.8) is 0 Å². The number of hydrogen-bond acceptors (Lipinski definition) is 4. The Bertz CT molecular complexity index is 942. The number of piperidine rings is 1. The van der Waals surface area contributed by atoms with E-state index in [9.17, 15) is 4.79 Å². The van der Waals surface area contributed by atoms with Crippen molar-refractivity contribution in [2.24, 2.45) is 5.92 Å². The number of carbonyl (C=O) groups excluding carboxylic acids is 1. The molecule has 2 heterocycles. The number of benzene rings is 2. The lowest BCUT2D eigenvalue weighted by Crippen LogP contribution is -2.43. The Morgan fingerprint density at radius 2 is 1.67 bits per heavy atom. The lowest BCUT2D eigenvalue weighted by Gasteiger charge is -2.35. The second-order valence-corrected chi connectivity index (χ2v) is 8.57. The van der Waals surface area contributed by atoms with Gasteiger partial charge in [0.1, 0.15) is 0 Å². The van der Waals surface area contributed by atoms with Crippen LogP contribution in [0.2, 0.25) is 0 Å². The highest BCUT2D eigenvalue weighted by Crippen LogP contribution is 2.38. The van der Waals surface area contributed by atoms with Crippen LogP contribution in [-0.2, 0) is 11.2 Å². The van der Waals surface area contributed by atoms with Crippen molar-refractivity contribution in [1.82, 2.24) is 15.0 Å². The summed E-state index contributed by atoms with van der Waals surface area (Å²) in [5, 5.41) is 4.14. The topological polar surface area (TPSA) is 59.2 Å². The molecule has 5 rings (SSSR count). The third-order valence-corrected chi connectivity index (χ3v) is 6.23. The van der Waals surface area contributed by atoms with Gasteiger partial charge in [0.05, 0.1) is 5.92 Å². The maximum absolute atomic E-state index is 13.7. The van der Waals surface area contributed by atoms with Gasteiger partial charge in [-0.15, -0.1) is 0 Å². The lowest BCUT2D eigenvalue weighted by molar-refractivity contribution is -0.133. The molecule has 1 atom stereocenters. The van der Waals surface area contributed by atoms with E-state index in [2.05, 4.69) is 34.4 Å². The number of carbonyl (C=O) groups is 1. The van der Waals surface area contributed by atoms with Crippen LogP contribution >= 0.6 is 0 Å². The Hall–Kier alpha value is -2.95. The Labute approximate surface area is 177 Å². The molecule has 1 amide bonds. The molecule has 0 N–H and O–H groups in total. The van der Waals surface area contributed by atoms with Gasteiger partial charge in [-0.25, -0.2) is 0 Å². The van der Waals surface area contributed by atoms with Crippen LogP contribution in [0.25, 0.3) is 0 Å². The molecule has 5 heteroatoms. The number of amides is 1. The molecular weight excluding hydrogens is 374 g/mol. The molecule has 154 valence electrons. The van der Waals surface area contributed by atoms with Crippen LogP contribution in [0.4, 0.5) is 0 Å². The van der Waals surface area contributed by atoms with Crippen LogP contribution in [-0.4, -0.2) is 34.0 Å². The van der Waals surface area contributed by atoms with E-state index < -0.39 is 0 Å². The van der Waals surface area contributed by atoms with Gasteiger partial charge >= 0.3 is 0 Å². The molecule has 0 radical (unpaired) electrons. The minimum atomic E-state index is -0.268. The highest BCUT2D eigenvalue weighted by molar-refractivity contribution is 5.87. The largest absolute Gasteiger partial charge is 0.342 e. The van der Waals surface area contributed by atoms with E-state index in [1.54, 1.807) is 0 Å². The standard InChI is InChI=1S/C25H27N3O2/c29-25(23(19-9-3-1-4-10-19)20-11-5-2-6-12-20)28-15-7-8-18(17-28)16-22-26-24(27-30-22)21-13-14-21/h1-6,9-12,18,21,23H,7-8,13-17H2. The van der Waals surface area contributed by atoms with E-state index in [-0.39, 0.29) is 11.8 Å². The molecular formula is C25H27N3O2. The Kier molecular flexibility index (Phi) is 5.35. The van der Waals surface area contributed by atoms with E-state index >= 15 is 0 Å². The lowest BCUT2D eigenvalue weighted by atomic mass is 9.88. The van der Waals surface area contributed by atoms with Gasteiger partial charge in [-0.3, -0.25) is 4.79 Å². The van der Waals surface area contributed by atoms with Gasteiger partial charge in [0.15, 0.2) is 5.82 Å². The highest BCUT2D eigenvalue weighted by Gasteiger charge is 2.33. The van der Waals surface area contributed by atoms with Crippen molar-refractivity contribution < 1.29 is 9.32 Å². The summed E-state index contributed by atoms with van der Waals surface area (Å²) in [6, 6.07) is 20.2. The van der Waals surface area contributed by atoms with Crippen LogP contribution in [0.15, 0.2) is 65.2 Å². The second kappa shape index (κ2) is 8.42. The normalized spacial score (nSPS) is 19.2. The molecule has 2 fully saturated rings. The quantitative estimate of drug-likeness (QED) is 0.608. The maximum atomic E-state index is 13.7. The molecule has 1 aliphatic heterocycles. The molecule has 30 heavy (non-hydrogen) atoms. The molecule has 0 spiro atoms. The number of likely N-dealkylation sites (tertiary alicyclic amines) is 1. The smallest absolute Gasteiger partial charge is 0.234 e. The van der Waals surface area contributed by atoms with Crippen LogP contribution in [0.1, 0.15) is 60.4 Å². The molecule has 5 nitrogen and oxygen atoms in total. The Morgan fingerprint density at radius 1 is 1.00 bits per heavy atom. The predicted octanol–water partition coefficient (Wildman–Crippen LogP) is 4.56. The van der Waals surface area contributed by atoms with Crippen LogP contribution in [0.3, 0.4) is 0 Å². The molecule has 1 aliphatic carbocycles. The summed E-state index contributed by atoms with van der Waals surface area (Å²) in [6.45, 7) is 1.55. The van der Waals surface area contributed by atoms with Crippen molar-refractivity contribution in [3.8, 4) is 0 Å². The van der Waals surface area contributed by atoms with E-state index in [0.29, 0.717) is 11.8 Å². The summed E-state index contributed by atoms with van der Waals surface area (Å²) < 4.78 is 5.49. The van der Waals surface area contributed by atoms with Crippen molar-refractivity contribution in [2.75, 3.05) is 13.1 Å². The molecule has 1 saturated heterocycles. The fourth-order valence-corrected chi connectivity index (χ4v) is 4.49. The summed E-state index contributed by atoms with van der Waals surface area (Å²) >= 11 is 0. The zero-order valence-electron chi connectivity index (χ0n) is 17.1. The van der Waals surface area contributed by atoms with Crippen LogP contribution in [0.5, 0.6) is 0 Å². The van der Waals surface area contributed by atoms with Crippen molar-refractivity contribution in [3.05, 3.63) is 83.5 Å². The molecule has 2 aromatic carbocycles. The first-order chi connectivity index (χ1) is 14.8. The first kappa shape index (κ1) is 19.0. The first-order valence-corrected chi connectivity index (χ1v) is 11.0. The molecule has 1 saturated carbocycles. The summed E-state index contributed by atoms with van der Waals surface area (Å²) in [7, 11) is 0. The zero-order chi connectivity index (χ0) is 20.3. The van der Waals surface area contributed by atoms with Crippen molar-refractivity contribution in [1.29, 1.82) is 0 Å². The fraction of sp³-hybridized carbons (Fsp3) is 0.400. The SMILES string of the molecule is O=C(C(c1ccccc1)c1ccccc1)N1CCCC(Cc2nc(C3CC3)no2)C1. The second-order valence-electron chi connectivity index (χ2n) is 8.57. The van der Waals surface area contributed by atoms with Crippen LogP contribution in [0, 0.1) is 5.92 Å². The maximum Gasteiger partial charge on any atom is 0.234 e. The number of hydrogen-bond donors (Lipinski definition) is 0. The monoisotopic (exact) mass is 401 g/mol. The third kappa shape index (κ3) is 4.16. The molecule has 1 unspecified atom stereocenters. The first-order valence-electron chi connectivity index (χ1n) is 11.0.